The van der Waals surface area contributed by atoms with Crippen LogP contribution < -0.4 is 11.1 Å². The van der Waals surface area contributed by atoms with Crippen LogP contribution in [-0.4, -0.2) is 18.7 Å². The van der Waals surface area contributed by atoms with Crippen molar-refractivity contribution < 1.29 is 4.79 Å². The fraction of sp³-hybridized carbons (Fsp3) is 0.235. The number of primary amides is 1. The lowest BCUT2D eigenvalue weighted by atomic mass is 9.91. The van der Waals surface area contributed by atoms with Gasteiger partial charge in [-0.1, -0.05) is 60.7 Å². The molecule has 0 radical (unpaired) electrons. The molecule has 0 heterocycles. The van der Waals surface area contributed by atoms with Gasteiger partial charge in [-0.05, 0) is 18.2 Å². The van der Waals surface area contributed by atoms with Gasteiger partial charge in [0.25, 0.3) is 0 Å². The first kappa shape index (κ1) is 15.6. The minimum absolute atomic E-state index is 0.350. The highest BCUT2D eigenvalue weighted by molar-refractivity contribution is 7.98. The molecule has 0 fully saturated rings. The van der Waals surface area contributed by atoms with E-state index in [1.807, 2.05) is 48.5 Å². The molecule has 2 rings (SSSR count). The Hall–Kier alpha value is -1.78. The predicted octanol–water partition coefficient (Wildman–Crippen LogP) is 2.52. The molecule has 2 aromatic rings. The number of benzene rings is 2. The van der Waals surface area contributed by atoms with Gasteiger partial charge in [0.15, 0.2) is 0 Å². The number of carbonyl (C=O) groups is 1. The zero-order chi connectivity index (χ0) is 15.1. The molecule has 21 heavy (non-hydrogen) atoms. The summed E-state index contributed by atoms with van der Waals surface area (Å²) in [6.07, 6.45) is 0. The molecule has 0 saturated heterocycles. The Labute approximate surface area is 129 Å². The van der Waals surface area contributed by atoms with Gasteiger partial charge in [-0.25, -0.2) is 0 Å². The Bertz CT molecular complexity index is 574. The van der Waals surface area contributed by atoms with E-state index in [4.69, 9.17) is 5.73 Å². The maximum atomic E-state index is 12.0. The zero-order valence-electron chi connectivity index (χ0n) is 12.1. The molecule has 2 aromatic carbocycles. The molecule has 3 N–H and O–H groups in total. The summed E-state index contributed by atoms with van der Waals surface area (Å²) in [5.41, 5.74) is 6.99. The Balaban J connectivity index is 2.12. The van der Waals surface area contributed by atoms with E-state index in [1.165, 1.54) is 5.56 Å². The van der Waals surface area contributed by atoms with Crippen molar-refractivity contribution in [1.82, 2.24) is 5.32 Å². The second-order valence-corrected chi connectivity index (χ2v) is 5.85. The number of amides is 1. The van der Waals surface area contributed by atoms with Crippen molar-refractivity contribution in [2.75, 3.05) is 12.8 Å². The fourth-order valence-electron chi connectivity index (χ4n) is 2.26. The smallest absolute Gasteiger partial charge is 0.243 e. The van der Waals surface area contributed by atoms with E-state index in [0.717, 1.165) is 11.3 Å². The van der Waals surface area contributed by atoms with E-state index >= 15 is 0 Å². The molecule has 4 heteroatoms. The molecule has 1 unspecified atom stereocenters. The quantitative estimate of drug-likeness (QED) is 0.826. The molecule has 0 spiro atoms. The van der Waals surface area contributed by atoms with Crippen LogP contribution in [0.5, 0.6) is 0 Å². The lowest BCUT2D eigenvalue weighted by Crippen LogP contribution is -2.53. The highest BCUT2D eigenvalue weighted by Crippen LogP contribution is 2.27. The lowest BCUT2D eigenvalue weighted by Gasteiger charge is -2.30. The van der Waals surface area contributed by atoms with Crippen LogP contribution in [0.2, 0.25) is 0 Å². The van der Waals surface area contributed by atoms with Crippen molar-refractivity contribution in [3.8, 4) is 0 Å². The van der Waals surface area contributed by atoms with Crippen LogP contribution in [0.25, 0.3) is 0 Å². The first-order valence-corrected chi connectivity index (χ1v) is 8.00. The normalized spacial score (nSPS) is 13.6. The maximum absolute atomic E-state index is 12.0. The Morgan fingerprint density at radius 2 is 1.67 bits per heavy atom. The molecule has 3 nitrogen and oxygen atoms in total. The van der Waals surface area contributed by atoms with Crippen molar-refractivity contribution in [2.24, 2.45) is 5.73 Å². The largest absolute Gasteiger partial charge is 0.368 e. The van der Waals surface area contributed by atoms with Crippen LogP contribution >= 0.6 is 11.8 Å². The van der Waals surface area contributed by atoms with Crippen LogP contribution in [0.4, 0.5) is 0 Å². The van der Waals surface area contributed by atoms with Gasteiger partial charge in [0.2, 0.25) is 5.91 Å². The summed E-state index contributed by atoms with van der Waals surface area (Å²) in [5, 5.41) is 3.12. The molecular formula is C17H20N2OS. The second kappa shape index (κ2) is 7.29. The molecule has 0 aliphatic carbocycles. The highest BCUT2D eigenvalue weighted by atomic mass is 32.2. The maximum Gasteiger partial charge on any atom is 0.243 e. The number of nitrogens with one attached hydrogen (secondary N) is 1. The van der Waals surface area contributed by atoms with Crippen molar-refractivity contribution in [3.05, 3.63) is 71.8 Å². The summed E-state index contributed by atoms with van der Waals surface area (Å²) >= 11 is 1.70. The van der Waals surface area contributed by atoms with Crippen molar-refractivity contribution in [2.45, 2.75) is 11.3 Å². The monoisotopic (exact) mass is 300 g/mol. The van der Waals surface area contributed by atoms with Gasteiger partial charge >= 0.3 is 0 Å². The van der Waals surface area contributed by atoms with Crippen LogP contribution in [0, 0.1) is 0 Å². The second-order valence-electron chi connectivity index (χ2n) is 4.86. The standard InChI is InChI=1S/C17H20N2OS/c1-19-17(16(18)20,15-10-6-3-7-11-15)13-21-12-14-8-4-2-5-9-14/h2-11,19H,12-13H2,1H3,(H2,18,20). The van der Waals surface area contributed by atoms with Gasteiger partial charge in [-0.3, -0.25) is 4.79 Å². The first-order valence-electron chi connectivity index (χ1n) is 6.85. The molecular weight excluding hydrogens is 280 g/mol. The Kier molecular flexibility index (Phi) is 5.42. The average molecular weight is 300 g/mol. The lowest BCUT2D eigenvalue weighted by molar-refractivity contribution is -0.123. The third kappa shape index (κ3) is 3.65. The third-order valence-corrected chi connectivity index (χ3v) is 4.72. The fourth-order valence-corrected chi connectivity index (χ4v) is 3.54. The minimum Gasteiger partial charge on any atom is -0.368 e. The van der Waals surface area contributed by atoms with Crippen LogP contribution in [0.15, 0.2) is 60.7 Å². The molecule has 1 atom stereocenters. The molecule has 1 amide bonds. The molecule has 0 aromatic heterocycles. The average Bonchev–Trinajstić information content (AvgIpc) is 2.53. The van der Waals surface area contributed by atoms with Gasteiger partial charge in [-0.2, -0.15) is 11.8 Å². The van der Waals surface area contributed by atoms with E-state index in [-0.39, 0.29) is 5.91 Å². The number of thioether (sulfide) groups is 1. The Morgan fingerprint density at radius 1 is 1.10 bits per heavy atom. The molecule has 0 saturated carbocycles. The summed E-state index contributed by atoms with van der Waals surface area (Å²) in [5.74, 6) is 1.10. The number of nitrogens with two attached hydrogens (primary N) is 1. The van der Waals surface area contributed by atoms with Crippen LogP contribution in [0.3, 0.4) is 0 Å². The van der Waals surface area contributed by atoms with Gasteiger partial charge in [-0.15, -0.1) is 0 Å². The van der Waals surface area contributed by atoms with E-state index < -0.39 is 5.54 Å². The summed E-state index contributed by atoms with van der Waals surface area (Å²) in [4.78, 5) is 12.0. The number of rotatable bonds is 7. The van der Waals surface area contributed by atoms with Crippen LogP contribution in [0.1, 0.15) is 11.1 Å². The van der Waals surface area contributed by atoms with Crippen molar-refractivity contribution in [3.63, 3.8) is 0 Å². The van der Waals surface area contributed by atoms with E-state index in [1.54, 1.807) is 18.8 Å². The molecule has 0 bridgehead atoms. The third-order valence-electron chi connectivity index (χ3n) is 3.54. The SMILES string of the molecule is CNC(CSCc1ccccc1)(C(N)=O)c1ccccc1. The predicted molar refractivity (Wildman–Crippen MR) is 89.0 cm³/mol. The van der Waals surface area contributed by atoms with E-state index in [2.05, 4.69) is 17.4 Å². The topological polar surface area (TPSA) is 55.1 Å². The molecule has 0 aliphatic heterocycles. The summed E-state index contributed by atoms with van der Waals surface area (Å²) in [7, 11) is 1.78. The van der Waals surface area contributed by atoms with Gasteiger partial charge in [0.1, 0.15) is 5.54 Å². The zero-order valence-corrected chi connectivity index (χ0v) is 12.9. The number of hydrogen-bond acceptors (Lipinski definition) is 3. The summed E-state index contributed by atoms with van der Waals surface area (Å²) in [6.45, 7) is 0. The molecule has 0 aliphatic rings. The van der Waals surface area contributed by atoms with Crippen LogP contribution in [-0.2, 0) is 16.1 Å². The number of hydrogen-bond donors (Lipinski definition) is 2. The number of carbonyl (C=O) groups excluding carboxylic acids is 1. The first-order chi connectivity index (χ1) is 10.2. The van der Waals surface area contributed by atoms with E-state index in [0.29, 0.717) is 5.75 Å². The van der Waals surface area contributed by atoms with Gasteiger partial charge in [0.05, 0.1) is 0 Å². The van der Waals surface area contributed by atoms with Crippen molar-refractivity contribution in [1.29, 1.82) is 0 Å². The van der Waals surface area contributed by atoms with Crippen molar-refractivity contribution >= 4 is 17.7 Å². The minimum atomic E-state index is -0.833. The number of likely N-dealkylation sites (N-methyl/N-ethyl adjacent to an activating group) is 1. The highest BCUT2D eigenvalue weighted by Gasteiger charge is 2.36. The Morgan fingerprint density at radius 3 is 2.19 bits per heavy atom. The van der Waals surface area contributed by atoms with E-state index in [9.17, 15) is 4.79 Å². The van der Waals surface area contributed by atoms with Gasteiger partial charge in [0, 0.05) is 11.5 Å². The molecule has 110 valence electrons. The summed E-state index contributed by atoms with van der Waals surface area (Å²) in [6, 6.07) is 19.9. The van der Waals surface area contributed by atoms with Gasteiger partial charge < -0.3 is 11.1 Å². The summed E-state index contributed by atoms with van der Waals surface area (Å²) < 4.78 is 0.